The number of amides is 1. The number of aromatic nitrogens is 2. The third kappa shape index (κ3) is 5.55. The highest BCUT2D eigenvalue weighted by molar-refractivity contribution is 5.91. The molecule has 1 saturated heterocycles. The zero-order valence-electron chi connectivity index (χ0n) is 18.1. The van der Waals surface area contributed by atoms with E-state index in [4.69, 9.17) is 13.9 Å². The van der Waals surface area contributed by atoms with Gasteiger partial charge in [0.25, 0.3) is 5.91 Å². The van der Waals surface area contributed by atoms with Gasteiger partial charge in [-0.25, -0.2) is 0 Å². The Balaban J connectivity index is 1.20. The molecular formula is C24H29N3O4. The van der Waals surface area contributed by atoms with Gasteiger partial charge in [0, 0.05) is 18.8 Å². The Morgan fingerprint density at radius 1 is 1.10 bits per heavy atom. The van der Waals surface area contributed by atoms with Crippen molar-refractivity contribution < 1.29 is 18.7 Å². The summed E-state index contributed by atoms with van der Waals surface area (Å²) in [6.45, 7) is 6.88. The van der Waals surface area contributed by atoms with E-state index in [9.17, 15) is 4.79 Å². The van der Waals surface area contributed by atoms with Crippen molar-refractivity contribution in [2.45, 2.75) is 39.3 Å². The number of carbonyl (C=O) groups excluding carboxylic acids is 1. The van der Waals surface area contributed by atoms with Crippen molar-refractivity contribution in [3.8, 4) is 5.75 Å². The number of carbonyl (C=O) groups is 1. The fourth-order valence-corrected chi connectivity index (χ4v) is 3.83. The van der Waals surface area contributed by atoms with Gasteiger partial charge in [0.05, 0.1) is 24.9 Å². The van der Waals surface area contributed by atoms with Crippen LogP contribution in [0.5, 0.6) is 5.75 Å². The van der Waals surface area contributed by atoms with Crippen LogP contribution in [0.1, 0.15) is 40.5 Å². The zero-order valence-corrected chi connectivity index (χ0v) is 18.1. The Bertz CT molecular complexity index is 987. The lowest BCUT2D eigenvalue weighted by molar-refractivity contribution is -0.00300. The number of ether oxygens (including phenoxy) is 2. The summed E-state index contributed by atoms with van der Waals surface area (Å²) in [6.07, 6.45) is 1.79. The molecule has 1 aliphatic heterocycles. The summed E-state index contributed by atoms with van der Waals surface area (Å²) in [6, 6.07) is 15.4. The van der Waals surface area contributed by atoms with Gasteiger partial charge >= 0.3 is 0 Å². The predicted octanol–water partition coefficient (Wildman–Crippen LogP) is 3.84. The second-order valence-electron chi connectivity index (χ2n) is 7.87. The van der Waals surface area contributed by atoms with Crippen LogP contribution in [0.2, 0.25) is 0 Å². The molecule has 0 bridgehead atoms. The lowest BCUT2D eigenvalue weighted by Gasteiger charge is -2.31. The third-order valence-electron chi connectivity index (χ3n) is 5.46. The van der Waals surface area contributed by atoms with Crippen LogP contribution in [0.4, 0.5) is 0 Å². The van der Waals surface area contributed by atoms with Gasteiger partial charge in [0.1, 0.15) is 18.1 Å². The van der Waals surface area contributed by atoms with Crippen LogP contribution in [0, 0.1) is 13.8 Å². The van der Waals surface area contributed by atoms with E-state index in [2.05, 4.69) is 5.10 Å². The minimum atomic E-state index is -0.0644. The number of benzene rings is 1. The van der Waals surface area contributed by atoms with E-state index in [1.54, 1.807) is 6.07 Å². The third-order valence-corrected chi connectivity index (χ3v) is 5.46. The van der Waals surface area contributed by atoms with Crippen molar-refractivity contribution in [3.63, 3.8) is 0 Å². The summed E-state index contributed by atoms with van der Waals surface area (Å²) in [5.74, 6) is 1.89. The van der Waals surface area contributed by atoms with Crippen LogP contribution in [0.15, 0.2) is 52.9 Å². The number of furan rings is 1. The number of piperidine rings is 1. The molecule has 3 aromatic rings. The monoisotopic (exact) mass is 423 g/mol. The first-order valence-electron chi connectivity index (χ1n) is 10.8. The highest BCUT2D eigenvalue weighted by Gasteiger charge is 2.26. The van der Waals surface area contributed by atoms with Gasteiger partial charge in [0.2, 0.25) is 0 Å². The predicted molar refractivity (Wildman–Crippen MR) is 116 cm³/mol. The number of aryl methyl sites for hydroxylation is 2. The molecule has 0 radical (unpaired) electrons. The first-order valence-corrected chi connectivity index (χ1v) is 10.8. The fourth-order valence-electron chi connectivity index (χ4n) is 3.83. The largest absolute Gasteiger partial charge is 0.491 e. The number of hydrogen-bond donors (Lipinski definition) is 0. The average molecular weight is 424 g/mol. The summed E-state index contributed by atoms with van der Waals surface area (Å²) in [7, 11) is 0. The van der Waals surface area contributed by atoms with Crippen LogP contribution in [-0.2, 0) is 11.3 Å². The Morgan fingerprint density at radius 3 is 2.58 bits per heavy atom. The second kappa shape index (κ2) is 9.83. The number of nitrogens with zero attached hydrogens (tertiary/aromatic N) is 3. The molecule has 0 saturated carbocycles. The van der Waals surface area contributed by atoms with Gasteiger partial charge in [-0.2, -0.15) is 5.10 Å². The van der Waals surface area contributed by atoms with E-state index in [1.807, 2.05) is 65.9 Å². The minimum Gasteiger partial charge on any atom is -0.491 e. The molecule has 31 heavy (non-hydrogen) atoms. The molecule has 0 N–H and O–H groups in total. The molecule has 0 aliphatic carbocycles. The first-order chi connectivity index (χ1) is 15.1. The summed E-state index contributed by atoms with van der Waals surface area (Å²) in [5, 5.41) is 4.44. The summed E-state index contributed by atoms with van der Waals surface area (Å²) in [5.41, 5.74) is 2.04. The highest BCUT2D eigenvalue weighted by atomic mass is 16.5. The molecule has 2 aromatic heterocycles. The van der Waals surface area contributed by atoms with E-state index in [1.165, 1.54) is 0 Å². The average Bonchev–Trinajstić information content (AvgIpc) is 3.38. The van der Waals surface area contributed by atoms with Gasteiger partial charge in [-0.3, -0.25) is 9.48 Å². The molecule has 4 rings (SSSR count). The summed E-state index contributed by atoms with van der Waals surface area (Å²) < 4.78 is 19.3. The van der Waals surface area contributed by atoms with Gasteiger partial charge in [0.15, 0.2) is 5.76 Å². The molecule has 0 unspecified atom stereocenters. The molecule has 7 nitrogen and oxygen atoms in total. The first kappa shape index (κ1) is 21.2. The van der Waals surface area contributed by atoms with Crippen molar-refractivity contribution in [1.82, 2.24) is 14.7 Å². The number of hydrogen-bond acceptors (Lipinski definition) is 5. The highest BCUT2D eigenvalue weighted by Crippen LogP contribution is 2.19. The fraction of sp³-hybridized carbons (Fsp3) is 0.417. The van der Waals surface area contributed by atoms with Crippen molar-refractivity contribution in [3.05, 3.63) is 71.4 Å². The van der Waals surface area contributed by atoms with E-state index >= 15 is 0 Å². The minimum absolute atomic E-state index is 0.0644. The van der Waals surface area contributed by atoms with Crippen molar-refractivity contribution >= 4 is 5.91 Å². The molecule has 164 valence electrons. The van der Waals surface area contributed by atoms with Gasteiger partial charge in [-0.1, -0.05) is 18.2 Å². The quantitative estimate of drug-likeness (QED) is 0.515. The lowest BCUT2D eigenvalue weighted by Crippen LogP contribution is -2.41. The molecule has 1 fully saturated rings. The zero-order chi connectivity index (χ0) is 21.6. The number of likely N-dealkylation sites (tertiary alicyclic amines) is 1. The van der Waals surface area contributed by atoms with Crippen LogP contribution in [0.3, 0.4) is 0 Å². The van der Waals surface area contributed by atoms with E-state index in [-0.39, 0.29) is 12.0 Å². The van der Waals surface area contributed by atoms with Crippen molar-refractivity contribution in [2.24, 2.45) is 0 Å². The maximum absolute atomic E-state index is 12.8. The second-order valence-corrected chi connectivity index (χ2v) is 7.87. The smallest absolute Gasteiger partial charge is 0.289 e. The topological polar surface area (TPSA) is 69.7 Å². The Morgan fingerprint density at radius 2 is 1.87 bits per heavy atom. The maximum atomic E-state index is 12.8. The molecular weight excluding hydrogens is 394 g/mol. The lowest BCUT2D eigenvalue weighted by atomic mass is 10.1. The Hall–Kier alpha value is -3.06. The van der Waals surface area contributed by atoms with E-state index in [0.29, 0.717) is 38.6 Å². The van der Waals surface area contributed by atoms with Crippen LogP contribution < -0.4 is 4.74 Å². The molecule has 3 heterocycles. The van der Waals surface area contributed by atoms with Crippen LogP contribution in [0.25, 0.3) is 0 Å². The molecule has 1 amide bonds. The van der Waals surface area contributed by atoms with Crippen molar-refractivity contribution in [2.75, 3.05) is 26.3 Å². The van der Waals surface area contributed by atoms with Crippen molar-refractivity contribution in [1.29, 1.82) is 0 Å². The van der Waals surface area contributed by atoms with Gasteiger partial charge < -0.3 is 18.8 Å². The van der Waals surface area contributed by atoms with Gasteiger partial charge in [-0.05, 0) is 57.0 Å². The summed E-state index contributed by atoms with van der Waals surface area (Å²) >= 11 is 0. The van der Waals surface area contributed by atoms with Crippen LogP contribution in [-0.4, -0.2) is 53.0 Å². The number of para-hydroxylation sites is 1. The molecule has 7 heteroatoms. The Kier molecular flexibility index (Phi) is 6.72. The number of rotatable bonds is 8. The van der Waals surface area contributed by atoms with E-state index < -0.39 is 0 Å². The molecule has 1 aliphatic rings. The molecule has 1 aromatic carbocycles. The SMILES string of the molecule is Cc1cc(C)n(Cc2ccc(C(=O)N3CCC(OCCOc4ccccc4)CC3)o2)n1. The molecule has 0 spiro atoms. The molecule has 0 atom stereocenters. The Labute approximate surface area is 182 Å². The normalized spacial score (nSPS) is 14.7. The maximum Gasteiger partial charge on any atom is 0.289 e. The standard InChI is InChI=1S/C24H29N3O4/c1-18-16-19(2)27(25-18)17-22-8-9-23(31-22)24(28)26-12-10-21(11-13-26)30-15-14-29-20-6-4-3-5-7-20/h3-9,16,21H,10-15,17H2,1-2H3. The summed E-state index contributed by atoms with van der Waals surface area (Å²) in [4.78, 5) is 14.6. The van der Waals surface area contributed by atoms with E-state index in [0.717, 1.165) is 35.7 Å². The van der Waals surface area contributed by atoms with Gasteiger partial charge in [-0.15, -0.1) is 0 Å². The van der Waals surface area contributed by atoms with Crippen LogP contribution >= 0.6 is 0 Å².